The molecule has 3 N–H and O–H groups in total. The van der Waals surface area contributed by atoms with E-state index in [0.717, 1.165) is 75.4 Å². The van der Waals surface area contributed by atoms with Gasteiger partial charge in [0.05, 0.1) is 32.1 Å². The van der Waals surface area contributed by atoms with Crippen LogP contribution in [0.2, 0.25) is 5.02 Å². The average Bonchev–Trinajstić information content (AvgIpc) is 2.86. The van der Waals surface area contributed by atoms with Gasteiger partial charge in [0.25, 0.3) is 0 Å². The fraction of sp³-hybridized carbons (Fsp3) is 0.348. The molecule has 0 unspecified atom stereocenters. The Bertz CT molecular complexity index is 1030. The van der Waals surface area contributed by atoms with Crippen molar-refractivity contribution in [3.8, 4) is 11.3 Å². The Labute approximate surface area is 198 Å². The smallest absolute Gasteiger partial charge is 0.227 e. The summed E-state index contributed by atoms with van der Waals surface area (Å²) in [4.78, 5) is 15.6. The van der Waals surface area contributed by atoms with Crippen LogP contribution in [-0.2, 0) is 9.47 Å². The highest BCUT2D eigenvalue weighted by Gasteiger charge is 2.13. The number of aromatic nitrogens is 3. The zero-order valence-electron chi connectivity index (χ0n) is 18.4. The summed E-state index contributed by atoms with van der Waals surface area (Å²) in [5, 5.41) is 5.61. The summed E-state index contributed by atoms with van der Waals surface area (Å²) in [6.07, 6.45) is 3.55. The first-order valence-corrected chi connectivity index (χ1v) is 11.3. The lowest BCUT2D eigenvalue weighted by molar-refractivity contribution is 0.0378. The van der Waals surface area contributed by atoms with Crippen molar-refractivity contribution in [2.75, 3.05) is 62.8 Å². The van der Waals surface area contributed by atoms with Crippen molar-refractivity contribution in [3.05, 3.63) is 59.9 Å². The normalized spacial score (nSPS) is 16.6. The van der Waals surface area contributed by atoms with Crippen molar-refractivity contribution in [3.63, 3.8) is 0 Å². The lowest BCUT2D eigenvalue weighted by Crippen LogP contribution is -2.41. The van der Waals surface area contributed by atoms with E-state index in [1.807, 2.05) is 42.6 Å². The van der Waals surface area contributed by atoms with Crippen LogP contribution in [0.1, 0.15) is 0 Å². The molecule has 0 spiro atoms. The standard InChI is InChI=1S/C19H18ClN5O.C4H10N2O/c20-15-2-1-3-16(13-15)23-19-22-7-5-17(24-19)14-4-6-21-18(12-14)25-8-10-26-11-9-25;5-6-1-3-7-4-2-6/h1-7,12-13H,8-11H2,(H,22,23,24);1-5H2. The van der Waals surface area contributed by atoms with E-state index in [4.69, 9.17) is 26.9 Å². The molecule has 3 aromatic rings. The molecule has 0 atom stereocenters. The molecule has 2 fully saturated rings. The minimum atomic E-state index is 0.523. The SMILES string of the molecule is Clc1cccc(Nc2nccc(-c3ccnc(N4CCOCC4)c3)n2)c1.NN1CCOCC1. The molecule has 174 valence electrons. The summed E-state index contributed by atoms with van der Waals surface area (Å²) in [6.45, 7) is 6.48. The molecule has 1 aromatic carbocycles. The summed E-state index contributed by atoms with van der Waals surface area (Å²) in [6, 6.07) is 13.4. The van der Waals surface area contributed by atoms with Crippen molar-refractivity contribution in [1.82, 2.24) is 20.0 Å². The fourth-order valence-electron chi connectivity index (χ4n) is 3.40. The molecule has 0 radical (unpaired) electrons. The van der Waals surface area contributed by atoms with E-state index in [2.05, 4.69) is 31.2 Å². The van der Waals surface area contributed by atoms with Crippen LogP contribution >= 0.6 is 11.6 Å². The van der Waals surface area contributed by atoms with Crippen molar-refractivity contribution in [2.24, 2.45) is 5.84 Å². The molecule has 10 heteroatoms. The van der Waals surface area contributed by atoms with E-state index < -0.39 is 0 Å². The van der Waals surface area contributed by atoms with Gasteiger partial charge >= 0.3 is 0 Å². The minimum absolute atomic E-state index is 0.523. The maximum atomic E-state index is 6.03. The minimum Gasteiger partial charge on any atom is -0.379 e. The lowest BCUT2D eigenvalue weighted by atomic mass is 10.2. The third kappa shape index (κ3) is 7.08. The van der Waals surface area contributed by atoms with E-state index in [-0.39, 0.29) is 0 Å². The molecule has 5 rings (SSSR count). The quantitative estimate of drug-likeness (QED) is 0.558. The van der Waals surface area contributed by atoms with Gasteiger partial charge in [-0.25, -0.2) is 20.0 Å². The van der Waals surface area contributed by atoms with E-state index in [9.17, 15) is 0 Å². The number of nitrogens with two attached hydrogens (primary N) is 1. The number of nitrogens with one attached hydrogen (secondary N) is 1. The molecule has 2 aliphatic heterocycles. The molecular formula is C23H28ClN7O2. The van der Waals surface area contributed by atoms with Gasteiger partial charge in [0.2, 0.25) is 5.95 Å². The summed E-state index contributed by atoms with van der Waals surface area (Å²) in [5.41, 5.74) is 2.68. The Morgan fingerprint density at radius 3 is 2.30 bits per heavy atom. The number of hydrogen-bond acceptors (Lipinski definition) is 9. The Morgan fingerprint density at radius 2 is 1.61 bits per heavy atom. The Morgan fingerprint density at radius 1 is 0.879 bits per heavy atom. The molecule has 2 saturated heterocycles. The fourth-order valence-corrected chi connectivity index (χ4v) is 3.59. The van der Waals surface area contributed by atoms with Crippen molar-refractivity contribution < 1.29 is 9.47 Å². The van der Waals surface area contributed by atoms with Gasteiger partial charge in [-0.2, -0.15) is 0 Å². The Hall–Kier alpha value is -2.82. The molecular weight excluding hydrogens is 442 g/mol. The second-order valence-electron chi connectivity index (χ2n) is 7.55. The van der Waals surface area contributed by atoms with Crippen LogP contribution in [0.15, 0.2) is 54.9 Å². The number of ether oxygens (including phenoxy) is 2. The third-order valence-corrected chi connectivity index (χ3v) is 5.39. The molecule has 4 heterocycles. The first kappa shape index (κ1) is 23.3. The van der Waals surface area contributed by atoms with Crippen LogP contribution in [0.3, 0.4) is 0 Å². The molecule has 0 saturated carbocycles. The summed E-state index contributed by atoms with van der Waals surface area (Å²) in [5.74, 6) is 6.85. The first-order valence-electron chi connectivity index (χ1n) is 10.9. The van der Waals surface area contributed by atoms with Crippen LogP contribution in [0.4, 0.5) is 17.5 Å². The van der Waals surface area contributed by atoms with Gasteiger partial charge in [-0.1, -0.05) is 17.7 Å². The zero-order valence-corrected chi connectivity index (χ0v) is 19.1. The number of halogens is 1. The summed E-state index contributed by atoms with van der Waals surface area (Å²) in [7, 11) is 0. The molecule has 2 aliphatic rings. The average molecular weight is 470 g/mol. The second-order valence-corrected chi connectivity index (χ2v) is 7.99. The number of anilines is 3. The van der Waals surface area contributed by atoms with Crippen LogP contribution in [0.25, 0.3) is 11.3 Å². The highest BCUT2D eigenvalue weighted by atomic mass is 35.5. The number of rotatable bonds is 4. The monoisotopic (exact) mass is 469 g/mol. The second kappa shape index (κ2) is 11.9. The van der Waals surface area contributed by atoms with Crippen LogP contribution in [0.5, 0.6) is 0 Å². The number of hydrogen-bond donors (Lipinski definition) is 2. The molecule has 0 bridgehead atoms. The largest absolute Gasteiger partial charge is 0.379 e. The number of nitrogens with zero attached hydrogens (tertiary/aromatic N) is 5. The zero-order chi connectivity index (χ0) is 22.9. The predicted molar refractivity (Wildman–Crippen MR) is 130 cm³/mol. The van der Waals surface area contributed by atoms with Crippen LogP contribution < -0.4 is 16.1 Å². The molecule has 0 amide bonds. The molecule has 2 aromatic heterocycles. The number of benzene rings is 1. The highest BCUT2D eigenvalue weighted by Crippen LogP contribution is 2.24. The van der Waals surface area contributed by atoms with Gasteiger partial charge in [0.1, 0.15) is 5.82 Å². The van der Waals surface area contributed by atoms with Gasteiger partial charge in [-0.05, 0) is 36.4 Å². The number of morpholine rings is 2. The van der Waals surface area contributed by atoms with Crippen molar-refractivity contribution in [2.45, 2.75) is 0 Å². The molecule has 9 nitrogen and oxygen atoms in total. The first-order chi connectivity index (χ1) is 16.2. The Balaban J connectivity index is 0.000000318. The van der Waals surface area contributed by atoms with Crippen molar-refractivity contribution >= 4 is 29.1 Å². The maximum absolute atomic E-state index is 6.03. The topological polar surface area (TPSA) is 102 Å². The summed E-state index contributed by atoms with van der Waals surface area (Å²) < 4.78 is 10.4. The van der Waals surface area contributed by atoms with E-state index in [1.54, 1.807) is 11.2 Å². The van der Waals surface area contributed by atoms with Gasteiger partial charge in [0, 0.05) is 54.8 Å². The maximum Gasteiger partial charge on any atom is 0.227 e. The van der Waals surface area contributed by atoms with E-state index in [0.29, 0.717) is 11.0 Å². The molecule has 33 heavy (non-hydrogen) atoms. The van der Waals surface area contributed by atoms with Crippen LogP contribution in [-0.4, -0.2) is 72.6 Å². The Kier molecular flexibility index (Phi) is 8.40. The van der Waals surface area contributed by atoms with E-state index in [1.165, 1.54) is 0 Å². The lowest BCUT2D eigenvalue weighted by Gasteiger charge is -2.27. The van der Waals surface area contributed by atoms with Crippen LogP contribution in [0, 0.1) is 0 Å². The van der Waals surface area contributed by atoms with Gasteiger partial charge in [0.15, 0.2) is 0 Å². The van der Waals surface area contributed by atoms with E-state index >= 15 is 0 Å². The van der Waals surface area contributed by atoms with Gasteiger partial charge in [-0.3, -0.25) is 5.84 Å². The highest BCUT2D eigenvalue weighted by molar-refractivity contribution is 6.30. The number of hydrazine groups is 1. The molecule has 0 aliphatic carbocycles. The summed E-state index contributed by atoms with van der Waals surface area (Å²) >= 11 is 6.03. The van der Waals surface area contributed by atoms with Crippen molar-refractivity contribution in [1.29, 1.82) is 0 Å². The predicted octanol–water partition coefficient (Wildman–Crippen LogP) is 2.96. The third-order valence-electron chi connectivity index (χ3n) is 5.16. The van der Waals surface area contributed by atoms with Gasteiger partial charge < -0.3 is 19.7 Å². The van der Waals surface area contributed by atoms with Gasteiger partial charge in [-0.15, -0.1) is 0 Å². The number of pyridine rings is 1.